The monoisotopic (exact) mass is 319 g/mol. The maximum absolute atomic E-state index is 5.43. The van der Waals surface area contributed by atoms with E-state index in [-0.39, 0.29) is 0 Å². The van der Waals surface area contributed by atoms with Crippen LogP contribution in [-0.4, -0.2) is 35.2 Å². The number of piperidine rings is 1. The Hall–Kier alpha value is -1.13. The molecule has 0 unspecified atom stereocenters. The van der Waals surface area contributed by atoms with Crippen LogP contribution in [0.5, 0.6) is 0 Å². The van der Waals surface area contributed by atoms with Gasteiger partial charge in [0, 0.05) is 24.3 Å². The first-order chi connectivity index (χ1) is 10.5. The first-order valence-corrected chi connectivity index (χ1v) is 8.75. The molecule has 1 fully saturated rings. The zero-order valence-corrected chi connectivity index (χ0v) is 15.1. The predicted octanol–water partition coefficient (Wildman–Crippen LogP) is 3.85. The number of rotatable bonds is 4. The summed E-state index contributed by atoms with van der Waals surface area (Å²) in [4.78, 5) is 2.59. The Morgan fingerprint density at radius 3 is 2.59 bits per heavy atom. The lowest BCUT2D eigenvalue weighted by molar-refractivity contribution is 0.116. The molecule has 3 nitrogen and oxygen atoms in total. The molecular weight excluding hydrogens is 290 g/mol. The summed E-state index contributed by atoms with van der Waals surface area (Å²) >= 11 is 5.43. The fourth-order valence-corrected chi connectivity index (χ4v) is 3.56. The van der Waals surface area contributed by atoms with Gasteiger partial charge in [0.2, 0.25) is 0 Å². The second kappa shape index (κ2) is 7.93. The highest BCUT2D eigenvalue weighted by Crippen LogP contribution is 2.18. The van der Waals surface area contributed by atoms with Crippen LogP contribution in [0.25, 0.3) is 0 Å². The molecule has 0 amide bonds. The van der Waals surface area contributed by atoms with Crippen molar-refractivity contribution in [3.05, 3.63) is 29.3 Å². The van der Waals surface area contributed by atoms with Crippen molar-refractivity contribution in [1.29, 1.82) is 0 Å². The zero-order chi connectivity index (χ0) is 16.1. The largest absolute Gasteiger partial charge is 0.361 e. The summed E-state index contributed by atoms with van der Waals surface area (Å²) in [5, 5.41) is 7.37. The van der Waals surface area contributed by atoms with E-state index < -0.39 is 0 Å². The molecule has 0 aliphatic carbocycles. The van der Waals surface area contributed by atoms with Crippen molar-refractivity contribution in [1.82, 2.24) is 10.2 Å². The molecule has 1 aliphatic heterocycles. The van der Waals surface area contributed by atoms with E-state index in [0.717, 1.165) is 12.2 Å². The molecule has 2 atom stereocenters. The van der Waals surface area contributed by atoms with Crippen molar-refractivity contribution >= 4 is 23.0 Å². The number of hydrogen-bond donors (Lipinski definition) is 2. The van der Waals surface area contributed by atoms with E-state index in [4.69, 9.17) is 12.2 Å². The van der Waals surface area contributed by atoms with Crippen molar-refractivity contribution in [2.45, 2.75) is 59.0 Å². The molecule has 2 N–H and O–H groups in total. The van der Waals surface area contributed by atoms with Gasteiger partial charge >= 0.3 is 0 Å². The molecule has 1 aromatic rings. The standard InChI is InChI=1S/C18H29N3S/c1-13-9-14(2)11-17(10-13)20-18(22)19-12-16(4)21-8-6-5-7-15(21)3/h9-11,15-16H,5-8,12H2,1-4H3,(H2,19,20,22)/t15-,16-/m0/s1. The maximum Gasteiger partial charge on any atom is 0.170 e. The van der Waals surface area contributed by atoms with Crippen LogP contribution in [-0.2, 0) is 0 Å². The van der Waals surface area contributed by atoms with Gasteiger partial charge in [0.15, 0.2) is 5.11 Å². The Balaban J connectivity index is 1.81. The van der Waals surface area contributed by atoms with Gasteiger partial charge in [-0.1, -0.05) is 12.5 Å². The smallest absolute Gasteiger partial charge is 0.170 e. The lowest BCUT2D eigenvalue weighted by Gasteiger charge is -2.38. The van der Waals surface area contributed by atoms with Crippen molar-refractivity contribution in [3.8, 4) is 0 Å². The molecule has 4 heteroatoms. The van der Waals surface area contributed by atoms with Crippen molar-refractivity contribution in [2.24, 2.45) is 0 Å². The molecule has 0 saturated carbocycles. The summed E-state index contributed by atoms with van der Waals surface area (Å²) in [5.41, 5.74) is 3.57. The van der Waals surface area contributed by atoms with E-state index in [1.54, 1.807) is 0 Å². The summed E-state index contributed by atoms with van der Waals surface area (Å²) in [6, 6.07) is 7.61. The SMILES string of the molecule is Cc1cc(C)cc(NC(=S)NC[C@H](C)N2CCCC[C@@H]2C)c1. The van der Waals surface area contributed by atoms with Crippen molar-refractivity contribution < 1.29 is 0 Å². The first kappa shape index (κ1) is 17.2. The summed E-state index contributed by atoms with van der Waals surface area (Å²) < 4.78 is 0. The molecule has 1 aliphatic rings. The topological polar surface area (TPSA) is 27.3 Å². The van der Waals surface area contributed by atoms with Gasteiger partial charge in [0.05, 0.1) is 0 Å². The molecule has 0 radical (unpaired) electrons. The Kier molecular flexibility index (Phi) is 6.21. The first-order valence-electron chi connectivity index (χ1n) is 8.34. The molecule has 22 heavy (non-hydrogen) atoms. The van der Waals surface area contributed by atoms with Crippen LogP contribution in [0, 0.1) is 13.8 Å². The maximum atomic E-state index is 5.43. The number of benzene rings is 1. The molecule has 1 saturated heterocycles. The van der Waals surface area contributed by atoms with Crippen LogP contribution in [0.2, 0.25) is 0 Å². The van der Waals surface area contributed by atoms with Gasteiger partial charge in [0.1, 0.15) is 0 Å². The Labute approximate surface area is 140 Å². The molecule has 122 valence electrons. The zero-order valence-electron chi connectivity index (χ0n) is 14.3. The van der Waals surface area contributed by atoms with E-state index in [1.165, 1.54) is 36.9 Å². The van der Waals surface area contributed by atoms with Crippen LogP contribution in [0.4, 0.5) is 5.69 Å². The fraction of sp³-hybridized carbons (Fsp3) is 0.611. The third-order valence-electron chi connectivity index (χ3n) is 4.46. The minimum absolute atomic E-state index is 0.509. The number of nitrogens with zero attached hydrogens (tertiary/aromatic N) is 1. The number of nitrogens with one attached hydrogen (secondary N) is 2. The van der Waals surface area contributed by atoms with Crippen molar-refractivity contribution in [3.63, 3.8) is 0 Å². The van der Waals surface area contributed by atoms with Crippen LogP contribution in [0.15, 0.2) is 18.2 Å². The molecule has 1 aromatic carbocycles. The number of likely N-dealkylation sites (tertiary alicyclic amines) is 1. The van der Waals surface area contributed by atoms with Gasteiger partial charge in [-0.3, -0.25) is 4.90 Å². The van der Waals surface area contributed by atoms with E-state index in [2.05, 4.69) is 61.4 Å². The van der Waals surface area contributed by atoms with E-state index in [9.17, 15) is 0 Å². The summed E-state index contributed by atoms with van der Waals surface area (Å²) in [7, 11) is 0. The third-order valence-corrected chi connectivity index (χ3v) is 4.70. The Bertz CT molecular complexity index is 495. The van der Waals surface area contributed by atoms with Crippen LogP contribution in [0.1, 0.15) is 44.2 Å². The van der Waals surface area contributed by atoms with E-state index in [1.807, 2.05) is 0 Å². The number of hydrogen-bond acceptors (Lipinski definition) is 2. The highest BCUT2D eigenvalue weighted by molar-refractivity contribution is 7.80. The number of anilines is 1. The van der Waals surface area contributed by atoms with Gasteiger partial charge in [-0.05, 0) is 82.6 Å². The van der Waals surface area contributed by atoms with Crippen LogP contribution < -0.4 is 10.6 Å². The molecular formula is C18H29N3S. The molecule has 0 aromatic heterocycles. The summed E-state index contributed by atoms with van der Waals surface area (Å²) in [6.07, 6.45) is 4.00. The van der Waals surface area contributed by atoms with Gasteiger partial charge in [-0.2, -0.15) is 0 Å². The number of aryl methyl sites for hydroxylation is 2. The Morgan fingerprint density at radius 1 is 1.27 bits per heavy atom. The summed E-state index contributed by atoms with van der Waals surface area (Å²) in [6.45, 7) is 10.9. The average Bonchev–Trinajstić information content (AvgIpc) is 2.44. The second-order valence-corrected chi connectivity index (χ2v) is 7.05. The molecule has 0 bridgehead atoms. The van der Waals surface area contributed by atoms with Crippen molar-refractivity contribution in [2.75, 3.05) is 18.4 Å². The Morgan fingerprint density at radius 2 is 1.95 bits per heavy atom. The van der Waals surface area contributed by atoms with Gasteiger partial charge < -0.3 is 10.6 Å². The van der Waals surface area contributed by atoms with E-state index >= 15 is 0 Å². The highest BCUT2D eigenvalue weighted by Gasteiger charge is 2.22. The van der Waals surface area contributed by atoms with E-state index in [0.29, 0.717) is 17.2 Å². The van der Waals surface area contributed by atoms with Crippen LogP contribution in [0.3, 0.4) is 0 Å². The molecule has 0 spiro atoms. The molecule has 2 rings (SSSR count). The van der Waals surface area contributed by atoms with Crippen LogP contribution >= 0.6 is 12.2 Å². The average molecular weight is 320 g/mol. The lowest BCUT2D eigenvalue weighted by atomic mass is 10.0. The highest BCUT2D eigenvalue weighted by atomic mass is 32.1. The van der Waals surface area contributed by atoms with Gasteiger partial charge in [-0.15, -0.1) is 0 Å². The minimum atomic E-state index is 0.509. The quantitative estimate of drug-likeness (QED) is 0.824. The predicted molar refractivity (Wildman–Crippen MR) is 99.6 cm³/mol. The fourth-order valence-electron chi connectivity index (χ4n) is 3.35. The summed E-state index contributed by atoms with van der Waals surface area (Å²) in [5.74, 6) is 0. The minimum Gasteiger partial charge on any atom is -0.361 e. The second-order valence-electron chi connectivity index (χ2n) is 6.64. The normalized spacial score (nSPS) is 20.5. The molecule has 1 heterocycles. The lowest BCUT2D eigenvalue weighted by Crippen LogP contribution is -2.49. The van der Waals surface area contributed by atoms with Gasteiger partial charge in [-0.25, -0.2) is 0 Å². The third kappa shape index (κ3) is 4.96. The van der Waals surface area contributed by atoms with Gasteiger partial charge in [0.25, 0.3) is 0 Å². The number of thiocarbonyl (C=S) groups is 1.